The van der Waals surface area contributed by atoms with Crippen LogP contribution in [0.15, 0.2) is 18.2 Å². The lowest BCUT2D eigenvalue weighted by molar-refractivity contribution is -0.186. The fourth-order valence-corrected chi connectivity index (χ4v) is 1.23. The second kappa shape index (κ2) is 5.88. The van der Waals surface area contributed by atoms with Crippen molar-refractivity contribution in [3.8, 4) is 5.75 Å². The second-order valence-electron chi connectivity index (χ2n) is 3.00. The first kappa shape index (κ1) is 13.8. The molecule has 0 radical (unpaired) electrons. The van der Waals surface area contributed by atoms with E-state index in [0.717, 1.165) is 0 Å². The van der Waals surface area contributed by atoms with E-state index in [1.165, 1.54) is 18.2 Å². The molecule has 0 fully saturated rings. The summed E-state index contributed by atoms with van der Waals surface area (Å²) in [5, 5.41) is 0.160. The van der Waals surface area contributed by atoms with E-state index < -0.39 is 19.6 Å². The SMILES string of the molecule is O=Cc1c(Cl)cccc1OCOCC(F)(F)F. The minimum atomic E-state index is -4.41. The third-order valence-electron chi connectivity index (χ3n) is 1.69. The Hall–Kier alpha value is -1.27. The van der Waals surface area contributed by atoms with E-state index in [9.17, 15) is 18.0 Å². The van der Waals surface area contributed by atoms with Gasteiger partial charge in [-0.2, -0.15) is 13.2 Å². The Labute approximate surface area is 100 Å². The minimum Gasteiger partial charge on any atom is -0.467 e. The average Bonchev–Trinajstić information content (AvgIpc) is 2.23. The molecule has 0 aromatic heterocycles. The summed E-state index contributed by atoms with van der Waals surface area (Å²) in [6.07, 6.45) is -3.95. The van der Waals surface area contributed by atoms with E-state index in [1.807, 2.05) is 0 Å². The second-order valence-corrected chi connectivity index (χ2v) is 3.40. The largest absolute Gasteiger partial charge is 0.467 e. The van der Waals surface area contributed by atoms with Crippen molar-refractivity contribution in [1.82, 2.24) is 0 Å². The number of halogens is 4. The zero-order valence-corrected chi connectivity index (χ0v) is 9.22. The first-order valence-electron chi connectivity index (χ1n) is 4.45. The Morgan fingerprint density at radius 3 is 2.65 bits per heavy atom. The van der Waals surface area contributed by atoms with Gasteiger partial charge in [0.25, 0.3) is 0 Å². The van der Waals surface area contributed by atoms with Crippen molar-refractivity contribution in [3.05, 3.63) is 28.8 Å². The van der Waals surface area contributed by atoms with Crippen molar-refractivity contribution >= 4 is 17.9 Å². The molecule has 1 rings (SSSR count). The van der Waals surface area contributed by atoms with Crippen LogP contribution in [-0.2, 0) is 4.74 Å². The van der Waals surface area contributed by atoms with Gasteiger partial charge >= 0.3 is 6.18 Å². The van der Waals surface area contributed by atoms with Crippen LogP contribution in [0, 0.1) is 0 Å². The third-order valence-corrected chi connectivity index (χ3v) is 2.02. The number of benzene rings is 1. The molecule has 0 spiro atoms. The van der Waals surface area contributed by atoms with Crippen LogP contribution in [0.1, 0.15) is 10.4 Å². The first-order chi connectivity index (χ1) is 7.94. The summed E-state index contributed by atoms with van der Waals surface area (Å²) in [5.74, 6) is 0.0784. The van der Waals surface area contributed by atoms with Gasteiger partial charge < -0.3 is 9.47 Å². The highest BCUT2D eigenvalue weighted by molar-refractivity contribution is 6.33. The molecule has 3 nitrogen and oxygen atoms in total. The van der Waals surface area contributed by atoms with Crippen molar-refractivity contribution in [2.45, 2.75) is 6.18 Å². The van der Waals surface area contributed by atoms with E-state index in [1.54, 1.807) is 0 Å². The Bertz CT molecular complexity index is 393. The monoisotopic (exact) mass is 268 g/mol. The molecule has 7 heteroatoms. The molecule has 0 aliphatic carbocycles. The highest BCUT2D eigenvalue weighted by atomic mass is 35.5. The molecule has 0 aliphatic rings. The van der Waals surface area contributed by atoms with Crippen LogP contribution in [-0.4, -0.2) is 25.9 Å². The number of aldehydes is 1. The van der Waals surface area contributed by atoms with Gasteiger partial charge in [-0.05, 0) is 12.1 Å². The van der Waals surface area contributed by atoms with Gasteiger partial charge in [-0.25, -0.2) is 0 Å². The quantitative estimate of drug-likeness (QED) is 0.468. The summed E-state index contributed by atoms with van der Waals surface area (Å²) < 4.78 is 44.3. The summed E-state index contributed by atoms with van der Waals surface area (Å²) in [7, 11) is 0. The van der Waals surface area contributed by atoms with E-state index in [2.05, 4.69) is 4.74 Å². The Morgan fingerprint density at radius 1 is 1.35 bits per heavy atom. The molecule has 0 aliphatic heterocycles. The van der Waals surface area contributed by atoms with Crippen molar-refractivity contribution in [1.29, 1.82) is 0 Å². The van der Waals surface area contributed by atoms with Gasteiger partial charge in [-0.1, -0.05) is 17.7 Å². The summed E-state index contributed by atoms with van der Waals surface area (Å²) in [6.45, 7) is -2.02. The lowest BCUT2D eigenvalue weighted by Crippen LogP contribution is -2.19. The van der Waals surface area contributed by atoms with Gasteiger partial charge in [-0.15, -0.1) is 0 Å². The summed E-state index contributed by atoms with van der Waals surface area (Å²) in [6, 6.07) is 4.38. The highest BCUT2D eigenvalue weighted by Gasteiger charge is 2.27. The zero-order chi connectivity index (χ0) is 12.9. The number of hydrogen-bond acceptors (Lipinski definition) is 3. The number of carbonyl (C=O) groups is 1. The molecule has 0 saturated heterocycles. The maximum Gasteiger partial charge on any atom is 0.411 e. The van der Waals surface area contributed by atoms with E-state index in [0.29, 0.717) is 6.29 Å². The molecule has 17 heavy (non-hydrogen) atoms. The zero-order valence-electron chi connectivity index (χ0n) is 8.46. The van der Waals surface area contributed by atoms with E-state index >= 15 is 0 Å². The van der Waals surface area contributed by atoms with Crippen molar-refractivity contribution in [2.75, 3.05) is 13.4 Å². The molecule has 1 aromatic rings. The first-order valence-corrected chi connectivity index (χ1v) is 4.83. The molecular weight excluding hydrogens is 261 g/mol. The molecule has 0 atom stereocenters. The molecule has 0 saturated carbocycles. The summed E-state index contributed by atoms with van der Waals surface area (Å²) in [4.78, 5) is 10.7. The maximum atomic E-state index is 11.7. The van der Waals surface area contributed by atoms with Crippen molar-refractivity contribution < 1.29 is 27.4 Å². The number of hydrogen-bond donors (Lipinski definition) is 0. The van der Waals surface area contributed by atoms with Crippen molar-refractivity contribution in [3.63, 3.8) is 0 Å². The van der Waals surface area contributed by atoms with Crippen LogP contribution in [0.5, 0.6) is 5.75 Å². The Morgan fingerprint density at radius 2 is 2.06 bits per heavy atom. The average molecular weight is 269 g/mol. The molecule has 94 valence electrons. The predicted octanol–water partition coefficient (Wildman–Crippen LogP) is 3.07. The summed E-state index contributed by atoms with van der Waals surface area (Å²) >= 11 is 5.68. The molecule has 0 bridgehead atoms. The lowest BCUT2D eigenvalue weighted by atomic mass is 10.2. The molecule has 0 N–H and O–H groups in total. The molecule has 0 heterocycles. The van der Waals surface area contributed by atoms with Crippen LogP contribution < -0.4 is 4.74 Å². The fourth-order valence-electron chi connectivity index (χ4n) is 1.02. The highest BCUT2D eigenvalue weighted by Crippen LogP contribution is 2.24. The van der Waals surface area contributed by atoms with Gasteiger partial charge in [0.1, 0.15) is 12.4 Å². The fraction of sp³-hybridized carbons (Fsp3) is 0.300. The van der Waals surface area contributed by atoms with Gasteiger partial charge in [-0.3, -0.25) is 4.79 Å². The number of rotatable bonds is 5. The predicted molar refractivity (Wildman–Crippen MR) is 54.3 cm³/mol. The van der Waals surface area contributed by atoms with E-state index in [4.69, 9.17) is 16.3 Å². The topological polar surface area (TPSA) is 35.5 Å². The summed E-state index contributed by atoms with van der Waals surface area (Å²) in [5.41, 5.74) is 0.0739. The normalized spacial score (nSPS) is 11.3. The number of carbonyl (C=O) groups excluding carboxylic acids is 1. The van der Waals surface area contributed by atoms with Crippen molar-refractivity contribution in [2.24, 2.45) is 0 Å². The minimum absolute atomic E-state index is 0.0739. The smallest absolute Gasteiger partial charge is 0.411 e. The molecule has 1 aromatic carbocycles. The number of alkyl halides is 3. The van der Waals surface area contributed by atoms with Gasteiger partial charge in [0, 0.05) is 0 Å². The third kappa shape index (κ3) is 4.62. The van der Waals surface area contributed by atoms with Gasteiger partial charge in [0.15, 0.2) is 13.1 Å². The van der Waals surface area contributed by atoms with Crippen LogP contribution in [0.2, 0.25) is 5.02 Å². The Balaban J connectivity index is 2.52. The lowest BCUT2D eigenvalue weighted by Gasteiger charge is -2.11. The van der Waals surface area contributed by atoms with Crippen LogP contribution in [0.25, 0.3) is 0 Å². The van der Waals surface area contributed by atoms with E-state index in [-0.39, 0.29) is 16.3 Å². The van der Waals surface area contributed by atoms with Gasteiger partial charge in [0.05, 0.1) is 10.6 Å². The molecular formula is C10H8ClF3O3. The number of ether oxygens (including phenoxy) is 2. The van der Waals surface area contributed by atoms with Gasteiger partial charge in [0.2, 0.25) is 0 Å². The standard InChI is InChI=1S/C10H8ClF3O3/c11-8-2-1-3-9(7(8)4-15)17-6-16-5-10(12,13)14/h1-4H,5-6H2. The molecule has 0 unspecified atom stereocenters. The van der Waals surface area contributed by atoms with Crippen LogP contribution >= 0.6 is 11.6 Å². The van der Waals surface area contributed by atoms with Crippen LogP contribution in [0.4, 0.5) is 13.2 Å². The Kier molecular flexibility index (Phi) is 4.77. The molecule has 0 amide bonds. The maximum absolute atomic E-state index is 11.7. The van der Waals surface area contributed by atoms with Crippen LogP contribution in [0.3, 0.4) is 0 Å².